The smallest absolute Gasteiger partial charge is 0.232 e. The molecular weight excluding hydrogens is 445 g/mol. The van der Waals surface area contributed by atoms with E-state index in [0.717, 1.165) is 17.9 Å². The molecule has 2 aromatic rings. The molecule has 144 valence electrons. The van der Waals surface area contributed by atoms with Crippen molar-refractivity contribution in [2.45, 2.75) is 46.2 Å². The molecule has 1 aromatic heterocycles. The average Bonchev–Trinajstić information content (AvgIpc) is 3.07. The lowest BCUT2D eigenvalue weighted by Crippen LogP contribution is -2.37. The number of rotatable bonds is 6. The highest BCUT2D eigenvalue weighted by Crippen LogP contribution is 2.19. The van der Waals surface area contributed by atoms with Gasteiger partial charge in [-0.25, -0.2) is 4.99 Å². The van der Waals surface area contributed by atoms with E-state index in [1.54, 1.807) is 7.11 Å². The Morgan fingerprint density at radius 2 is 1.88 bits per heavy atom. The number of aromatic nitrogens is 2. The second kappa shape index (κ2) is 10.3. The van der Waals surface area contributed by atoms with Gasteiger partial charge in [-0.2, -0.15) is 4.98 Å². The van der Waals surface area contributed by atoms with Crippen LogP contribution >= 0.6 is 24.0 Å². The van der Waals surface area contributed by atoms with Crippen molar-refractivity contribution in [3.8, 4) is 5.75 Å². The molecule has 0 atom stereocenters. The fraction of sp³-hybridized carbons (Fsp3) is 0.500. The highest BCUT2D eigenvalue weighted by molar-refractivity contribution is 14.0. The molecule has 8 heteroatoms. The number of nitrogens with zero attached hydrogens (tertiary/aromatic N) is 3. The summed E-state index contributed by atoms with van der Waals surface area (Å²) in [6, 6.07) is 7.86. The summed E-state index contributed by atoms with van der Waals surface area (Å²) in [5.74, 6) is 2.79. The van der Waals surface area contributed by atoms with E-state index in [4.69, 9.17) is 9.26 Å². The molecule has 0 saturated carbocycles. The molecule has 0 bridgehead atoms. The van der Waals surface area contributed by atoms with Crippen LogP contribution in [0.3, 0.4) is 0 Å². The van der Waals surface area contributed by atoms with E-state index in [1.807, 2.05) is 52.0 Å². The molecule has 7 nitrogen and oxygen atoms in total. The summed E-state index contributed by atoms with van der Waals surface area (Å²) in [7, 11) is 1.66. The zero-order valence-electron chi connectivity index (χ0n) is 16.0. The van der Waals surface area contributed by atoms with Crippen molar-refractivity contribution in [1.29, 1.82) is 0 Å². The minimum Gasteiger partial charge on any atom is -0.497 e. The van der Waals surface area contributed by atoms with Gasteiger partial charge in [-0.05, 0) is 24.6 Å². The lowest BCUT2D eigenvalue weighted by atomic mass is 9.97. The van der Waals surface area contributed by atoms with E-state index >= 15 is 0 Å². The number of hydrogen-bond acceptors (Lipinski definition) is 5. The molecule has 0 fully saturated rings. The van der Waals surface area contributed by atoms with Gasteiger partial charge in [-0.1, -0.05) is 38.1 Å². The van der Waals surface area contributed by atoms with E-state index in [1.165, 1.54) is 0 Å². The van der Waals surface area contributed by atoms with Crippen LogP contribution < -0.4 is 15.4 Å². The maximum atomic E-state index is 5.30. The average molecular weight is 473 g/mol. The highest BCUT2D eigenvalue weighted by atomic mass is 127. The van der Waals surface area contributed by atoms with Crippen molar-refractivity contribution >= 4 is 29.9 Å². The largest absolute Gasteiger partial charge is 0.497 e. The van der Waals surface area contributed by atoms with Gasteiger partial charge in [0.15, 0.2) is 11.8 Å². The molecule has 0 saturated heterocycles. The van der Waals surface area contributed by atoms with Gasteiger partial charge in [-0.3, -0.25) is 0 Å². The maximum Gasteiger partial charge on any atom is 0.232 e. The molecule has 0 aliphatic carbocycles. The molecular formula is C18H28IN5O2. The summed E-state index contributed by atoms with van der Waals surface area (Å²) in [4.78, 5) is 8.99. The van der Waals surface area contributed by atoms with E-state index < -0.39 is 0 Å². The number of benzene rings is 1. The lowest BCUT2D eigenvalue weighted by Gasteiger charge is -2.11. The summed E-state index contributed by atoms with van der Waals surface area (Å²) < 4.78 is 10.5. The highest BCUT2D eigenvalue weighted by Gasteiger charge is 2.21. The topological polar surface area (TPSA) is 84.6 Å². The summed E-state index contributed by atoms with van der Waals surface area (Å²) in [5.41, 5.74) is 0.950. The Labute approximate surface area is 172 Å². The van der Waals surface area contributed by atoms with Gasteiger partial charge in [0.25, 0.3) is 0 Å². The second-order valence-corrected chi connectivity index (χ2v) is 6.66. The predicted octanol–water partition coefficient (Wildman–Crippen LogP) is 3.25. The number of methoxy groups -OCH3 is 1. The first-order chi connectivity index (χ1) is 11.9. The van der Waals surface area contributed by atoms with E-state index in [0.29, 0.717) is 30.8 Å². The summed E-state index contributed by atoms with van der Waals surface area (Å²) in [6.07, 6.45) is 0. The normalized spacial score (nSPS) is 11.7. The van der Waals surface area contributed by atoms with E-state index in [9.17, 15) is 0 Å². The first-order valence-corrected chi connectivity index (χ1v) is 8.40. The summed E-state index contributed by atoms with van der Waals surface area (Å²) in [5, 5.41) is 10.4. The van der Waals surface area contributed by atoms with Crippen LogP contribution in [-0.2, 0) is 18.5 Å². The number of nitrogens with one attached hydrogen (secondary N) is 2. The molecule has 2 rings (SSSR count). The first kappa shape index (κ1) is 22.2. The third-order valence-electron chi connectivity index (χ3n) is 3.45. The van der Waals surface area contributed by atoms with Crippen molar-refractivity contribution in [3.63, 3.8) is 0 Å². The first-order valence-electron chi connectivity index (χ1n) is 8.40. The Balaban J connectivity index is 0.00000338. The minimum atomic E-state index is -0.155. The number of aliphatic imine (C=N–C) groups is 1. The van der Waals surface area contributed by atoms with Crippen LogP contribution in [0.25, 0.3) is 0 Å². The Morgan fingerprint density at radius 3 is 2.42 bits per heavy atom. The van der Waals surface area contributed by atoms with E-state index in [2.05, 4.69) is 25.8 Å². The van der Waals surface area contributed by atoms with Crippen LogP contribution in [0.4, 0.5) is 0 Å². The molecule has 1 aromatic carbocycles. The zero-order valence-corrected chi connectivity index (χ0v) is 18.3. The minimum absolute atomic E-state index is 0. The Hall–Kier alpha value is -1.84. The molecule has 0 aliphatic heterocycles. The van der Waals surface area contributed by atoms with Crippen LogP contribution in [-0.4, -0.2) is 29.8 Å². The Kier molecular flexibility index (Phi) is 8.83. The van der Waals surface area contributed by atoms with Gasteiger partial charge in [0.1, 0.15) is 5.75 Å². The maximum absolute atomic E-state index is 5.30. The Bertz CT molecular complexity index is 692. The quantitative estimate of drug-likeness (QED) is 0.381. The van der Waals surface area contributed by atoms with Gasteiger partial charge in [0.2, 0.25) is 5.89 Å². The summed E-state index contributed by atoms with van der Waals surface area (Å²) >= 11 is 0. The van der Waals surface area contributed by atoms with Crippen molar-refractivity contribution in [2.24, 2.45) is 4.99 Å². The second-order valence-electron chi connectivity index (χ2n) is 6.66. The fourth-order valence-corrected chi connectivity index (χ4v) is 2.04. The van der Waals surface area contributed by atoms with Gasteiger partial charge in [0, 0.05) is 12.0 Å². The third kappa shape index (κ3) is 6.81. The molecule has 26 heavy (non-hydrogen) atoms. The fourth-order valence-electron chi connectivity index (χ4n) is 2.04. The molecule has 1 heterocycles. The van der Waals surface area contributed by atoms with Crippen LogP contribution in [0.1, 0.15) is 45.0 Å². The SMILES string of the molecule is CCNC(=NCc1ccc(OC)cc1)NCc1noc(C(C)(C)C)n1.I. The van der Waals surface area contributed by atoms with Crippen molar-refractivity contribution in [3.05, 3.63) is 41.5 Å². The molecule has 0 unspecified atom stereocenters. The van der Waals surface area contributed by atoms with Crippen LogP contribution in [0.5, 0.6) is 5.75 Å². The van der Waals surface area contributed by atoms with Crippen molar-refractivity contribution in [1.82, 2.24) is 20.8 Å². The van der Waals surface area contributed by atoms with Gasteiger partial charge in [0.05, 0.1) is 20.2 Å². The molecule has 0 amide bonds. The van der Waals surface area contributed by atoms with Gasteiger partial charge < -0.3 is 19.9 Å². The Morgan fingerprint density at radius 1 is 1.19 bits per heavy atom. The number of ether oxygens (including phenoxy) is 1. The number of guanidine groups is 1. The monoisotopic (exact) mass is 473 g/mol. The van der Waals surface area contributed by atoms with Crippen molar-refractivity contribution in [2.75, 3.05) is 13.7 Å². The van der Waals surface area contributed by atoms with Gasteiger partial charge >= 0.3 is 0 Å². The predicted molar refractivity (Wildman–Crippen MR) is 113 cm³/mol. The van der Waals surface area contributed by atoms with E-state index in [-0.39, 0.29) is 29.4 Å². The lowest BCUT2D eigenvalue weighted by molar-refractivity contribution is 0.318. The molecule has 0 spiro atoms. The summed E-state index contributed by atoms with van der Waals surface area (Å²) in [6.45, 7) is 9.94. The number of halogens is 1. The molecule has 0 radical (unpaired) electrons. The molecule has 0 aliphatic rings. The van der Waals surface area contributed by atoms with Crippen LogP contribution in [0.2, 0.25) is 0 Å². The standard InChI is InChI=1S/C18H27N5O2.HI/c1-6-19-17(20-11-13-7-9-14(24-5)10-8-13)21-12-15-22-16(25-23-15)18(2,3)4;/h7-10H,6,11-12H2,1-5H3,(H2,19,20,21);1H. The van der Waals surface area contributed by atoms with Crippen molar-refractivity contribution < 1.29 is 9.26 Å². The van der Waals surface area contributed by atoms with Gasteiger partial charge in [-0.15, -0.1) is 24.0 Å². The number of hydrogen-bond donors (Lipinski definition) is 2. The van der Waals surface area contributed by atoms with Crippen LogP contribution in [0.15, 0.2) is 33.8 Å². The zero-order chi connectivity index (χ0) is 18.3. The molecule has 2 N–H and O–H groups in total. The third-order valence-corrected chi connectivity index (χ3v) is 3.45. The van der Waals surface area contributed by atoms with Crippen LogP contribution in [0, 0.1) is 0 Å².